The normalized spacial score (nSPS) is 14.7. The van der Waals surface area contributed by atoms with E-state index in [2.05, 4.69) is 36.0 Å². The predicted molar refractivity (Wildman–Crippen MR) is 108 cm³/mol. The lowest BCUT2D eigenvalue weighted by molar-refractivity contribution is -0.112. The van der Waals surface area contributed by atoms with Gasteiger partial charge in [-0.1, -0.05) is 45.0 Å². The Bertz CT molecular complexity index is 816. The molecule has 1 aliphatic heterocycles. The fraction of sp³-hybridized carbons (Fsp3) is 0.409. The number of benzene rings is 1. The Kier molecular flexibility index (Phi) is 5.59. The minimum absolute atomic E-state index is 0.00287. The van der Waals surface area contributed by atoms with Crippen molar-refractivity contribution in [2.45, 2.75) is 45.4 Å². The summed E-state index contributed by atoms with van der Waals surface area (Å²) in [6, 6.07) is 10.8. The van der Waals surface area contributed by atoms with Crippen LogP contribution in [0, 0.1) is 0 Å². The maximum atomic E-state index is 12.6. The van der Waals surface area contributed by atoms with E-state index in [4.69, 9.17) is 0 Å². The van der Waals surface area contributed by atoms with Gasteiger partial charge in [-0.3, -0.25) is 9.59 Å². The Hall–Kier alpha value is -2.69. The highest BCUT2D eigenvalue weighted by molar-refractivity contribution is 6.46. The minimum atomic E-state index is -0.634. The van der Waals surface area contributed by atoms with Gasteiger partial charge in [0.25, 0.3) is 11.7 Å². The van der Waals surface area contributed by atoms with Gasteiger partial charge in [0.1, 0.15) is 0 Å². The summed E-state index contributed by atoms with van der Waals surface area (Å²) >= 11 is 0. The molecule has 0 spiro atoms. The summed E-state index contributed by atoms with van der Waals surface area (Å²) in [7, 11) is 0. The molecule has 0 radical (unpaired) electrons. The molecule has 5 heteroatoms. The fourth-order valence-electron chi connectivity index (χ4n) is 3.28. The van der Waals surface area contributed by atoms with Gasteiger partial charge in [0.05, 0.1) is 5.69 Å². The molecule has 1 aromatic heterocycles. The summed E-state index contributed by atoms with van der Waals surface area (Å²) in [6.07, 6.45) is 5.16. The first-order valence-corrected chi connectivity index (χ1v) is 9.52. The monoisotopic (exact) mass is 365 g/mol. The molecule has 1 aliphatic rings. The average molecular weight is 365 g/mol. The van der Waals surface area contributed by atoms with Crippen LogP contribution < -0.4 is 10.2 Å². The molecule has 2 aromatic rings. The number of ketones is 1. The van der Waals surface area contributed by atoms with Gasteiger partial charge < -0.3 is 10.2 Å². The maximum absolute atomic E-state index is 12.6. The maximum Gasteiger partial charge on any atom is 0.296 e. The Morgan fingerprint density at radius 3 is 2.30 bits per heavy atom. The number of piperidine rings is 1. The first kappa shape index (κ1) is 19.1. The Labute approximate surface area is 160 Å². The Morgan fingerprint density at radius 1 is 1.00 bits per heavy atom. The van der Waals surface area contributed by atoms with Crippen LogP contribution in [0.4, 0.5) is 11.5 Å². The summed E-state index contributed by atoms with van der Waals surface area (Å²) in [6.45, 7) is 8.17. The number of Topliss-reactive ketones (excluding diaryl/α,β-unsaturated/α-hetero) is 1. The van der Waals surface area contributed by atoms with Gasteiger partial charge in [0, 0.05) is 24.8 Å². The lowest BCUT2D eigenvalue weighted by Crippen LogP contribution is -2.32. The van der Waals surface area contributed by atoms with Gasteiger partial charge in [-0.25, -0.2) is 4.98 Å². The second kappa shape index (κ2) is 7.91. The molecule has 1 saturated heterocycles. The smallest absolute Gasteiger partial charge is 0.296 e. The van der Waals surface area contributed by atoms with Crippen LogP contribution in [0.2, 0.25) is 0 Å². The quantitative estimate of drug-likeness (QED) is 0.652. The zero-order chi connectivity index (χ0) is 19.4. The highest BCUT2D eigenvalue weighted by Crippen LogP contribution is 2.26. The number of rotatable bonds is 4. The molecule has 0 saturated carbocycles. The van der Waals surface area contributed by atoms with E-state index >= 15 is 0 Å². The minimum Gasteiger partial charge on any atom is -0.355 e. The van der Waals surface area contributed by atoms with Gasteiger partial charge in [-0.15, -0.1) is 0 Å². The van der Waals surface area contributed by atoms with Gasteiger partial charge >= 0.3 is 0 Å². The van der Waals surface area contributed by atoms with Crippen molar-refractivity contribution in [1.29, 1.82) is 0 Å². The molecular formula is C22H27N3O2. The molecule has 0 atom stereocenters. The van der Waals surface area contributed by atoms with Crippen LogP contribution in [0.5, 0.6) is 0 Å². The van der Waals surface area contributed by atoms with E-state index in [1.807, 2.05) is 12.1 Å². The summed E-state index contributed by atoms with van der Waals surface area (Å²) in [5, 5.41) is 2.76. The molecule has 142 valence electrons. The third kappa shape index (κ3) is 4.54. The van der Waals surface area contributed by atoms with Crippen molar-refractivity contribution < 1.29 is 9.59 Å². The summed E-state index contributed by atoms with van der Waals surface area (Å²) in [5.74, 6) is -0.435. The van der Waals surface area contributed by atoms with Crippen LogP contribution in [0.3, 0.4) is 0 Å². The molecule has 27 heavy (non-hydrogen) atoms. The van der Waals surface area contributed by atoms with E-state index in [-0.39, 0.29) is 5.41 Å². The molecule has 1 aromatic carbocycles. The molecule has 1 amide bonds. The number of hydrogen-bond acceptors (Lipinski definition) is 4. The van der Waals surface area contributed by atoms with Crippen molar-refractivity contribution in [3.63, 3.8) is 0 Å². The van der Waals surface area contributed by atoms with Crippen LogP contribution >= 0.6 is 0 Å². The van der Waals surface area contributed by atoms with Crippen LogP contribution in [-0.4, -0.2) is 29.8 Å². The number of nitrogens with one attached hydrogen (secondary N) is 1. The van der Waals surface area contributed by atoms with Crippen molar-refractivity contribution in [2.24, 2.45) is 0 Å². The number of carbonyl (C=O) groups excluding carboxylic acids is 2. The van der Waals surface area contributed by atoms with Crippen molar-refractivity contribution in [1.82, 2.24) is 4.98 Å². The number of amides is 1. The van der Waals surface area contributed by atoms with Crippen LogP contribution in [-0.2, 0) is 10.2 Å². The molecule has 0 bridgehead atoms. The zero-order valence-electron chi connectivity index (χ0n) is 16.3. The lowest BCUT2D eigenvalue weighted by Gasteiger charge is -2.29. The summed E-state index contributed by atoms with van der Waals surface area (Å²) in [5.41, 5.74) is 2.11. The molecule has 3 rings (SSSR count). The number of nitrogens with zero attached hydrogens (tertiary/aromatic N) is 2. The number of anilines is 2. The Balaban J connectivity index is 1.74. The molecule has 0 aliphatic carbocycles. The largest absolute Gasteiger partial charge is 0.355 e. The van der Waals surface area contributed by atoms with Crippen molar-refractivity contribution in [3.8, 4) is 0 Å². The first-order valence-electron chi connectivity index (χ1n) is 9.52. The lowest BCUT2D eigenvalue weighted by atomic mass is 9.86. The third-order valence-electron chi connectivity index (χ3n) is 4.91. The third-order valence-corrected chi connectivity index (χ3v) is 4.91. The van der Waals surface area contributed by atoms with Gasteiger partial charge in [0.2, 0.25) is 0 Å². The topological polar surface area (TPSA) is 62.3 Å². The second-order valence-corrected chi connectivity index (χ2v) is 8.03. The van der Waals surface area contributed by atoms with Crippen LogP contribution in [0.1, 0.15) is 56.0 Å². The number of pyridine rings is 1. The zero-order valence-corrected chi connectivity index (χ0v) is 16.3. The van der Waals surface area contributed by atoms with E-state index in [1.54, 1.807) is 30.5 Å². The average Bonchev–Trinajstić information content (AvgIpc) is 2.68. The summed E-state index contributed by atoms with van der Waals surface area (Å²) in [4.78, 5) is 31.7. The highest BCUT2D eigenvalue weighted by Gasteiger charge is 2.21. The van der Waals surface area contributed by atoms with Crippen molar-refractivity contribution in [3.05, 3.63) is 53.7 Å². The number of carbonyl (C=O) groups is 2. The second-order valence-electron chi connectivity index (χ2n) is 8.03. The molecule has 0 unspecified atom stereocenters. The van der Waals surface area contributed by atoms with E-state index in [0.29, 0.717) is 11.3 Å². The van der Waals surface area contributed by atoms with Crippen LogP contribution in [0.25, 0.3) is 0 Å². The molecule has 5 nitrogen and oxygen atoms in total. The van der Waals surface area contributed by atoms with Crippen molar-refractivity contribution >= 4 is 23.2 Å². The van der Waals surface area contributed by atoms with E-state index < -0.39 is 11.7 Å². The van der Waals surface area contributed by atoms with E-state index in [9.17, 15) is 9.59 Å². The highest BCUT2D eigenvalue weighted by atomic mass is 16.2. The number of hydrogen-bond donors (Lipinski definition) is 1. The van der Waals surface area contributed by atoms with E-state index in [1.165, 1.54) is 6.42 Å². The van der Waals surface area contributed by atoms with Gasteiger partial charge in [0.15, 0.2) is 5.82 Å². The fourth-order valence-corrected chi connectivity index (χ4v) is 3.28. The SMILES string of the molecule is CC(C)(C)c1ccc(C(=O)C(=O)Nc2cccnc2N2CCCCC2)cc1. The molecule has 1 fully saturated rings. The van der Waals surface area contributed by atoms with Gasteiger partial charge in [-0.05, 0) is 42.4 Å². The number of aromatic nitrogens is 1. The molecule has 1 N–H and O–H groups in total. The van der Waals surface area contributed by atoms with Gasteiger partial charge in [-0.2, -0.15) is 0 Å². The Morgan fingerprint density at radius 2 is 1.67 bits per heavy atom. The molecule has 2 heterocycles. The molecular weight excluding hydrogens is 338 g/mol. The van der Waals surface area contributed by atoms with E-state index in [0.717, 1.165) is 37.3 Å². The first-order chi connectivity index (χ1) is 12.9. The van der Waals surface area contributed by atoms with Crippen molar-refractivity contribution in [2.75, 3.05) is 23.3 Å². The van der Waals surface area contributed by atoms with Crippen LogP contribution in [0.15, 0.2) is 42.6 Å². The predicted octanol–water partition coefficient (Wildman–Crippen LogP) is 4.19. The summed E-state index contributed by atoms with van der Waals surface area (Å²) < 4.78 is 0. The standard InChI is InChI=1S/C22H27N3O2/c1-22(2,3)17-11-9-16(10-12-17)19(26)21(27)24-18-8-7-13-23-20(18)25-14-5-4-6-15-25/h7-13H,4-6,14-15H2,1-3H3,(H,24,27).